The third kappa shape index (κ3) is 1.74. The second-order valence-electron chi connectivity index (χ2n) is 3.52. The fraction of sp³-hybridized carbons (Fsp3) is 0. The van der Waals surface area contributed by atoms with E-state index >= 15 is 0 Å². The van der Waals surface area contributed by atoms with Crippen molar-refractivity contribution >= 4 is 37.6 Å². The Morgan fingerprint density at radius 2 is 1.94 bits per heavy atom. The lowest BCUT2D eigenvalue weighted by molar-refractivity contribution is 0.630. The molecule has 0 aliphatic heterocycles. The molecule has 4 nitrogen and oxygen atoms in total. The first kappa shape index (κ1) is 11.7. The first-order valence-corrected chi connectivity index (χ1v) is 6.56. The maximum atomic E-state index is 13.8. The van der Waals surface area contributed by atoms with Crippen molar-refractivity contribution in [3.8, 4) is 11.1 Å². The Morgan fingerprint density at radius 1 is 1.17 bits per heavy atom. The Hall–Kier alpha value is -1.34. The Kier molecular flexibility index (Phi) is 2.87. The van der Waals surface area contributed by atoms with Crippen LogP contribution in [0.2, 0.25) is 0 Å². The number of hydrogen-bond acceptors (Lipinski definition) is 3. The van der Waals surface area contributed by atoms with Crippen LogP contribution in [-0.2, 0) is 0 Å². The normalized spacial score (nSPS) is 11.1. The van der Waals surface area contributed by atoms with Gasteiger partial charge in [-0.2, -0.15) is 14.6 Å². The van der Waals surface area contributed by atoms with E-state index in [1.165, 1.54) is 16.9 Å². The molecule has 3 aromatic rings. The maximum Gasteiger partial charge on any atom is 0.254 e. The summed E-state index contributed by atoms with van der Waals surface area (Å²) in [6.45, 7) is 0. The molecule has 2 aromatic heterocycles. The minimum atomic E-state index is -0.319. The monoisotopic (exact) mass is 370 g/mol. The van der Waals surface area contributed by atoms with Crippen molar-refractivity contribution in [3.05, 3.63) is 45.6 Å². The standard InChI is InChI=1S/C11H5Br2FN4/c12-9-8(6-3-1-2-4-7(6)14)10(13)18-11(17-9)15-5-16-18/h1-5H. The van der Waals surface area contributed by atoms with E-state index in [1.807, 2.05) is 0 Å². The minimum Gasteiger partial charge on any atom is -0.206 e. The van der Waals surface area contributed by atoms with E-state index in [0.717, 1.165) is 0 Å². The van der Waals surface area contributed by atoms with Gasteiger partial charge in [0.15, 0.2) is 0 Å². The number of aromatic nitrogens is 4. The van der Waals surface area contributed by atoms with Crippen LogP contribution in [0.5, 0.6) is 0 Å². The molecule has 0 radical (unpaired) electrons. The molecule has 0 spiro atoms. The zero-order chi connectivity index (χ0) is 12.7. The molecule has 1 aromatic carbocycles. The number of hydrogen-bond donors (Lipinski definition) is 0. The SMILES string of the molecule is Fc1ccccc1-c1c(Br)nc2ncnn2c1Br. The van der Waals surface area contributed by atoms with E-state index in [2.05, 4.69) is 46.9 Å². The van der Waals surface area contributed by atoms with Gasteiger partial charge in [-0.15, -0.1) is 0 Å². The van der Waals surface area contributed by atoms with Gasteiger partial charge in [0.05, 0.1) is 5.56 Å². The lowest BCUT2D eigenvalue weighted by Gasteiger charge is -2.08. The zero-order valence-corrected chi connectivity index (χ0v) is 12.0. The summed E-state index contributed by atoms with van der Waals surface area (Å²) in [5, 5.41) is 4.03. The van der Waals surface area contributed by atoms with Gasteiger partial charge in [0.1, 0.15) is 21.4 Å². The number of fused-ring (bicyclic) bond motifs is 1. The van der Waals surface area contributed by atoms with Crippen LogP contribution in [-0.4, -0.2) is 19.6 Å². The molecular formula is C11H5Br2FN4. The summed E-state index contributed by atoms with van der Waals surface area (Å²) in [5.41, 5.74) is 1.05. The molecule has 0 atom stereocenters. The molecule has 0 fully saturated rings. The fourth-order valence-corrected chi connectivity index (χ4v) is 3.15. The predicted octanol–water partition coefficient (Wildman–Crippen LogP) is 3.46. The van der Waals surface area contributed by atoms with Crippen LogP contribution in [0, 0.1) is 5.82 Å². The molecule has 0 N–H and O–H groups in total. The van der Waals surface area contributed by atoms with Gasteiger partial charge in [0.25, 0.3) is 5.78 Å². The predicted molar refractivity (Wildman–Crippen MR) is 71.6 cm³/mol. The number of rotatable bonds is 1. The van der Waals surface area contributed by atoms with E-state index < -0.39 is 0 Å². The van der Waals surface area contributed by atoms with Gasteiger partial charge in [-0.1, -0.05) is 18.2 Å². The smallest absolute Gasteiger partial charge is 0.206 e. The summed E-state index contributed by atoms with van der Waals surface area (Å²) >= 11 is 6.74. The van der Waals surface area contributed by atoms with E-state index in [0.29, 0.717) is 26.1 Å². The highest BCUT2D eigenvalue weighted by Gasteiger charge is 2.17. The second kappa shape index (κ2) is 4.40. The van der Waals surface area contributed by atoms with Crippen LogP contribution in [0.25, 0.3) is 16.9 Å². The molecular weight excluding hydrogens is 367 g/mol. The van der Waals surface area contributed by atoms with E-state index in [4.69, 9.17) is 0 Å². The van der Waals surface area contributed by atoms with Gasteiger partial charge < -0.3 is 0 Å². The number of halogens is 3. The van der Waals surface area contributed by atoms with Gasteiger partial charge >= 0.3 is 0 Å². The zero-order valence-electron chi connectivity index (χ0n) is 8.81. The number of benzene rings is 1. The van der Waals surface area contributed by atoms with Gasteiger partial charge in [0.2, 0.25) is 0 Å². The van der Waals surface area contributed by atoms with Gasteiger partial charge in [-0.3, -0.25) is 0 Å². The van der Waals surface area contributed by atoms with Crippen molar-refractivity contribution in [3.63, 3.8) is 0 Å². The second-order valence-corrected chi connectivity index (χ2v) is 5.02. The van der Waals surface area contributed by atoms with Crippen LogP contribution >= 0.6 is 31.9 Å². The molecule has 2 heterocycles. The number of nitrogens with zero attached hydrogens (tertiary/aromatic N) is 4. The highest BCUT2D eigenvalue weighted by atomic mass is 79.9. The molecule has 0 saturated heterocycles. The molecule has 18 heavy (non-hydrogen) atoms. The van der Waals surface area contributed by atoms with Crippen molar-refractivity contribution in [2.45, 2.75) is 0 Å². The molecule has 7 heteroatoms. The lowest BCUT2D eigenvalue weighted by Crippen LogP contribution is -1.99. The first-order chi connectivity index (χ1) is 8.68. The average Bonchev–Trinajstić information content (AvgIpc) is 2.79. The Balaban J connectivity index is 2.39. The topological polar surface area (TPSA) is 43.1 Å². The lowest BCUT2D eigenvalue weighted by atomic mass is 10.1. The molecule has 90 valence electrons. The quantitative estimate of drug-likeness (QED) is 0.615. The average molecular weight is 372 g/mol. The Morgan fingerprint density at radius 3 is 2.72 bits per heavy atom. The summed E-state index contributed by atoms with van der Waals surface area (Å²) in [6, 6.07) is 6.50. The van der Waals surface area contributed by atoms with Crippen molar-refractivity contribution in [2.24, 2.45) is 0 Å². The van der Waals surface area contributed by atoms with Gasteiger partial charge in [-0.05, 0) is 37.9 Å². The Labute approximate surface area is 118 Å². The van der Waals surface area contributed by atoms with Gasteiger partial charge in [-0.25, -0.2) is 9.37 Å². The minimum absolute atomic E-state index is 0.319. The summed E-state index contributed by atoms with van der Waals surface area (Å²) in [7, 11) is 0. The highest BCUT2D eigenvalue weighted by Crippen LogP contribution is 2.35. The molecule has 0 amide bonds. The first-order valence-electron chi connectivity index (χ1n) is 4.98. The van der Waals surface area contributed by atoms with Gasteiger partial charge in [0, 0.05) is 5.56 Å². The molecule has 0 bridgehead atoms. The van der Waals surface area contributed by atoms with Crippen molar-refractivity contribution < 1.29 is 4.39 Å². The maximum absolute atomic E-state index is 13.8. The third-order valence-electron chi connectivity index (χ3n) is 2.47. The molecule has 0 saturated carbocycles. The Bertz CT molecular complexity index is 741. The van der Waals surface area contributed by atoms with E-state index in [-0.39, 0.29) is 5.82 Å². The summed E-state index contributed by atoms with van der Waals surface area (Å²) in [4.78, 5) is 8.21. The van der Waals surface area contributed by atoms with Crippen molar-refractivity contribution in [1.29, 1.82) is 0 Å². The molecule has 0 unspecified atom stereocenters. The summed E-state index contributed by atoms with van der Waals surface area (Å²) in [6.07, 6.45) is 1.39. The van der Waals surface area contributed by atoms with Crippen LogP contribution in [0.4, 0.5) is 4.39 Å². The van der Waals surface area contributed by atoms with Crippen LogP contribution < -0.4 is 0 Å². The van der Waals surface area contributed by atoms with E-state index in [9.17, 15) is 4.39 Å². The van der Waals surface area contributed by atoms with E-state index in [1.54, 1.807) is 18.2 Å². The fourth-order valence-electron chi connectivity index (χ4n) is 1.67. The third-order valence-corrected chi connectivity index (χ3v) is 3.78. The summed E-state index contributed by atoms with van der Waals surface area (Å²) in [5.74, 6) is 0.119. The highest BCUT2D eigenvalue weighted by molar-refractivity contribution is 9.11. The molecule has 0 aliphatic carbocycles. The molecule has 3 rings (SSSR count). The van der Waals surface area contributed by atoms with Crippen LogP contribution in [0.3, 0.4) is 0 Å². The molecule has 0 aliphatic rings. The van der Waals surface area contributed by atoms with Crippen molar-refractivity contribution in [1.82, 2.24) is 19.6 Å². The van der Waals surface area contributed by atoms with Crippen molar-refractivity contribution in [2.75, 3.05) is 0 Å². The van der Waals surface area contributed by atoms with Crippen LogP contribution in [0.15, 0.2) is 39.8 Å². The van der Waals surface area contributed by atoms with Crippen LogP contribution in [0.1, 0.15) is 0 Å². The largest absolute Gasteiger partial charge is 0.254 e. The summed E-state index contributed by atoms with van der Waals surface area (Å²) < 4.78 is 16.5.